The van der Waals surface area contributed by atoms with Crippen LogP contribution in [0.4, 0.5) is 4.39 Å². The largest absolute Gasteiger partial charge is 0.484 e. The maximum atomic E-state index is 13.2. The zero-order valence-electron chi connectivity index (χ0n) is 7.51. The predicted octanol–water partition coefficient (Wildman–Crippen LogP) is 1.48. The van der Waals surface area contributed by atoms with Crippen LogP contribution in [-0.2, 0) is 0 Å². The van der Waals surface area contributed by atoms with E-state index in [1.165, 1.54) is 6.07 Å². The third-order valence-electron chi connectivity index (χ3n) is 2.19. The Bertz CT molecular complexity index is 290. The summed E-state index contributed by atoms with van der Waals surface area (Å²) in [6.45, 7) is 3.48. The Morgan fingerprint density at radius 2 is 2.23 bits per heavy atom. The van der Waals surface area contributed by atoms with Crippen LogP contribution in [0.15, 0.2) is 18.2 Å². The Labute approximate surface area is 76.7 Å². The van der Waals surface area contributed by atoms with Gasteiger partial charge in [0.05, 0.1) is 0 Å². The number of ether oxygens (including phenoxy) is 1. The Morgan fingerprint density at radius 3 is 2.77 bits per heavy atom. The van der Waals surface area contributed by atoms with Gasteiger partial charge in [0, 0.05) is 13.1 Å². The molecule has 0 unspecified atom stereocenters. The normalized spacial score (nSPS) is 16.8. The van der Waals surface area contributed by atoms with E-state index < -0.39 is 0 Å². The van der Waals surface area contributed by atoms with E-state index >= 15 is 0 Å². The van der Waals surface area contributed by atoms with Gasteiger partial charge in [0.2, 0.25) is 0 Å². The molecule has 2 rings (SSSR count). The van der Waals surface area contributed by atoms with E-state index in [9.17, 15) is 4.39 Å². The van der Waals surface area contributed by atoms with Gasteiger partial charge in [-0.15, -0.1) is 0 Å². The van der Waals surface area contributed by atoms with E-state index in [1.807, 2.05) is 13.0 Å². The van der Waals surface area contributed by atoms with E-state index in [0.717, 1.165) is 18.7 Å². The fourth-order valence-electron chi connectivity index (χ4n) is 1.28. The van der Waals surface area contributed by atoms with Gasteiger partial charge in [0.15, 0.2) is 11.6 Å². The highest BCUT2D eigenvalue weighted by atomic mass is 19.1. The first-order valence-corrected chi connectivity index (χ1v) is 4.40. The molecule has 1 aromatic carbocycles. The predicted molar refractivity (Wildman–Crippen MR) is 48.4 cm³/mol. The molecule has 0 atom stereocenters. The Balaban J connectivity index is 2.17. The van der Waals surface area contributed by atoms with Gasteiger partial charge in [-0.05, 0) is 18.6 Å². The molecule has 70 valence electrons. The number of rotatable bonds is 2. The molecule has 0 spiro atoms. The van der Waals surface area contributed by atoms with Gasteiger partial charge in [0.1, 0.15) is 6.10 Å². The summed E-state index contributed by atoms with van der Waals surface area (Å²) in [6.07, 6.45) is 0.135. The zero-order valence-corrected chi connectivity index (χ0v) is 7.51. The maximum Gasteiger partial charge on any atom is 0.165 e. The standard InChI is InChI=1S/C10H12FNO/c1-7-3-2-4-9(11)10(7)13-8-5-12-6-8/h2-4,8,12H,5-6H2,1H3. The van der Waals surface area contributed by atoms with Gasteiger partial charge in [-0.25, -0.2) is 4.39 Å². The Morgan fingerprint density at radius 1 is 1.46 bits per heavy atom. The molecule has 1 aliphatic rings. The Hall–Kier alpha value is -1.09. The monoisotopic (exact) mass is 181 g/mol. The smallest absolute Gasteiger partial charge is 0.165 e. The SMILES string of the molecule is Cc1cccc(F)c1OC1CNC1. The summed E-state index contributed by atoms with van der Waals surface area (Å²) < 4.78 is 18.7. The first-order chi connectivity index (χ1) is 6.27. The van der Waals surface area contributed by atoms with Crippen molar-refractivity contribution in [2.75, 3.05) is 13.1 Å². The maximum absolute atomic E-state index is 13.2. The van der Waals surface area contributed by atoms with Crippen molar-refractivity contribution in [3.63, 3.8) is 0 Å². The van der Waals surface area contributed by atoms with Crippen molar-refractivity contribution >= 4 is 0 Å². The summed E-state index contributed by atoms with van der Waals surface area (Å²) in [5.41, 5.74) is 0.854. The topological polar surface area (TPSA) is 21.3 Å². The molecule has 1 aliphatic heterocycles. The van der Waals surface area contributed by atoms with Crippen LogP contribution < -0.4 is 10.1 Å². The lowest BCUT2D eigenvalue weighted by Gasteiger charge is -2.28. The molecule has 1 saturated heterocycles. The van der Waals surface area contributed by atoms with Crippen molar-refractivity contribution in [1.82, 2.24) is 5.32 Å². The second-order valence-electron chi connectivity index (χ2n) is 3.28. The van der Waals surface area contributed by atoms with Crippen LogP contribution in [0.25, 0.3) is 0 Å². The van der Waals surface area contributed by atoms with Gasteiger partial charge in [-0.2, -0.15) is 0 Å². The second-order valence-corrected chi connectivity index (χ2v) is 3.28. The lowest BCUT2D eigenvalue weighted by molar-refractivity contribution is 0.135. The third kappa shape index (κ3) is 1.65. The molecule has 2 nitrogen and oxygen atoms in total. The number of halogens is 1. The summed E-state index contributed by atoms with van der Waals surface area (Å²) in [5.74, 6) is 0.126. The van der Waals surface area contributed by atoms with Crippen molar-refractivity contribution in [3.05, 3.63) is 29.6 Å². The van der Waals surface area contributed by atoms with Crippen LogP contribution >= 0.6 is 0 Å². The molecule has 0 aromatic heterocycles. The lowest BCUT2D eigenvalue weighted by atomic mass is 10.2. The number of hydrogen-bond donors (Lipinski definition) is 1. The van der Waals surface area contributed by atoms with Crippen LogP contribution in [0.2, 0.25) is 0 Å². The molecule has 0 saturated carbocycles. The molecule has 0 radical (unpaired) electrons. The molecule has 13 heavy (non-hydrogen) atoms. The summed E-state index contributed by atoms with van der Waals surface area (Å²) in [4.78, 5) is 0. The third-order valence-corrected chi connectivity index (χ3v) is 2.19. The first kappa shape index (κ1) is 8.51. The number of aryl methyl sites for hydroxylation is 1. The average Bonchev–Trinajstić information content (AvgIpc) is 2.00. The molecule has 0 aliphatic carbocycles. The van der Waals surface area contributed by atoms with Crippen molar-refractivity contribution in [2.45, 2.75) is 13.0 Å². The van der Waals surface area contributed by atoms with Crippen molar-refractivity contribution in [2.24, 2.45) is 0 Å². The lowest BCUT2D eigenvalue weighted by Crippen LogP contribution is -2.50. The van der Waals surface area contributed by atoms with Gasteiger partial charge >= 0.3 is 0 Å². The van der Waals surface area contributed by atoms with Gasteiger partial charge in [-0.3, -0.25) is 0 Å². The van der Waals surface area contributed by atoms with E-state index in [1.54, 1.807) is 6.07 Å². The second kappa shape index (κ2) is 3.34. The minimum atomic E-state index is -0.271. The van der Waals surface area contributed by atoms with E-state index in [0.29, 0.717) is 5.75 Å². The highest BCUT2D eigenvalue weighted by Gasteiger charge is 2.20. The van der Waals surface area contributed by atoms with Crippen LogP contribution in [0.5, 0.6) is 5.75 Å². The van der Waals surface area contributed by atoms with Crippen LogP contribution in [0, 0.1) is 12.7 Å². The molecule has 1 N–H and O–H groups in total. The van der Waals surface area contributed by atoms with E-state index in [-0.39, 0.29) is 11.9 Å². The molecule has 3 heteroatoms. The highest BCUT2D eigenvalue weighted by Crippen LogP contribution is 2.23. The summed E-state index contributed by atoms with van der Waals surface area (Å²) >= 11 is 0. The summed E-state index contributed by atoms with van der Waals surface area (Å²) in [7, 11) is 0. The first-order valence-electron chi connectivity index (χ1n) is 4.40. The van der Waals surface area contributed by atoms with Gasteiger partial charge < -0.3 is 10.1 Å². The number of para-hydroxylation sites is 1. The Kier molecular flexibility index (Phi) is 2.19. The fourth-order valence-corrected chi connectivity index (χ4v) is 1.28. The minimum Gasteiger partial charge on any atom is -0.484 e. The number of nitrogens with one attached hydrogen (secondary N) is 1. The zero-order chi connectivity index (χ0) is 9.26. The minimum absolute atomic E-state index is 0.135. The molecule has 1 fully saturated rings. The van der Waals surface area contributed by atoms with Crippen molar-refractivity contribution < 1.29 is 9.13 Å². The molecule has 1 heterocycles. The molecule has 1 aromatic rings. The summed E-state index contributed by atoms with van der Waals surface area (Å²) in [6, 6.07) is 4.97. The van der Waals surface area contributed by atoms with Gasteiger partial charge in [0.25, 0.3) is 0 Å². The number of hydrogen-bond acceptors (Lipinski definition) is 2. The summed E-state index contributed by atoms with van der Waals surface area (Å²) in [5, 5.41) is 3.07. The van der Waals surface area contributed by atoms with Crippen LogP contribution in [0.3, 0.4) is 0 Å². The van der Waals surface area contributed by atoms with E-state index in [4.69, 9.17) is 4.74 Å². The van der Waals surface area contributed by atoms with Crippen LogP contribution in [-0.4, -0.2) is 19.2 Å². The molecule has 0 amide bonds. The molecular formula is C10H12FNO. The van der Waals surface area contributed by atoms with Gasteiger partial charge in [-0.1, -0.05) is 12.1 Å². The quantitative estimate of drug-likeness (QED) is 0.746. The van der Waals surface area contributed by atoms with Crippen molar-refractivity contribution in [3.8, 4) is 5.75 Å². The van der Waals surface area contributed by atoms with E-state index in [2.05, 4.69) is 5.32 Å². The highest BCUT2D eigenvalue weighted by molar-refractivity contribution is 5.34. The fraction of sp³-hybridized carbons (Fsp3) is 0.400. The number of benzene rings is 1. The molecule has 0 bridgehead atoms. The van der Waals surface area contributed by atoms with Crippen molar-refractivity contribution in [1.29, 1.82) is 0 Å². The molecular weight excluding hydrogens is 169 g/mol. The average molecular weight is 181 g/mol. The van der Waals surface area contributed by atoms with Crippen LogP contribution in [0.1, 0.15) is 5.56 Å².